The van der Waals surface area contributed by atoms with E-state index in [-0.39, 0.29) is 17.4 Å². The van der Waals surface area contributed by atoms with Crippen molar-refractivity contribution in [2.24, 2.45) is 0 Å². The SMILES string of the molecule is CCC(Oc1c(Cl)cc(Cl)cc1CO)C(=O)O. The van der Waals surface area contributed by atoms with Crippen molar-refractivity contribution >= 4 is 29.2 Å². The third-order valence-electron chi connectivity index (χ3n) is 2.16. The van der Waals surface area contributed by atoms with Gasteiger partial charge >= 0.3 is 5.97 Å². The first-order valence-corrected chi connectivity index (χ1v) is 5.73. The number of benzene rings is 1. The Morgan fingerprint density at radius 1 is 1.47 bits per heavy atom. The fraction of sp³-hybridized carbons (Fsp3) is 0.364. The largest absolute Gasteiger partial charge is 0.479 e. The van der Waals surface area contributed by atoms with Crippen molar-refractivity contribution < 1.29 is 19.7 Å². The number of hydrogen-bond donors (Lipinski definition) is 2. The molecule has 0 saturated carbocycles. The molecule has 0 bridgehead atoms. The Morgan fingerprint density at radius 2 is 2.12 bits per heavy atom. The summed E-state index contributed by atoms with van der Waals surface area (Å²) in [6.45, 7) is 1.35. The highest BCUT2D eigenvalue weighted by Crippen LogP contribution is 2.33. The van der Waals surface area contributed by atoms with Crippen LogP contribution in [0, 0.1) is 0 Å². The number of carbonyl (C=O) groups is 1. The van der Waals surface area contributed by atoms with Gasteiger partial charge in [-0.1, -0.05) is 30.1 Å². The van der Waals surface area contributed by atoms with Gasteiger partial charge in [0, 0.05) is 10.6 Å². The molecule has 6 heteroatoms. The highest BCUT2D eigenvalue weighted by atomic mass is 35.5. The van der Waals surface area contributed by atoms with Crippen LogP contribution in [-0.4, -0.2) is 22.3 Å². The van der Waals surface area contributed by atoms with Crippen molar-refractivity contribution in [2.45, 2.75) is 26.1 Å². The van der Waals surface area contributed by atoms with E-state index < -0.39 is 12.1 Å². The first-order valence-electron chi connectivity index (χ1n) is 4.97. The van der Waals surface area contributed by atoms with Gasteiger partial charge in [-0.2, -0.15) is 0 Å². The molecule has 0 amide bonds. The molecular weight excluding hydrogens is 267 g/mol. The van der Waals surface area contributed by atoms with Gasteiger partial charge in [0.05, 0.1) is 11.6 Å². The standard InChI is InChI=1S/C11H12Cl2O4/c1-2-9(11(15)16)17-10-6(5-14)3-7(12)4-8(10)13/h3-4,9,14H,2,5H2,1H3,(H,15,16). The van der Waals surface area contributed by atoms with Gasteiger partial charge in [0.25, 0.3) is 0 Å². The summed E-state index contributed by atoms with van der Waals surface area (Å²) in [4.78, 5) is 10.9. The van der Waals surface area contributed by atoms with Crippen LogP contribution >= 0.6 is 23.2 Å². The number of rotatable bonds is 5. The third-order valence-corrected chi connectivity index (χ3v) is 2.66. The summed E-state index contributed by atoms with van der Waals surface area (Å²) in [5.41, 5.74) is 0.363. The summed E-state index contributed by atoms with van der Waals surface area (Å²) in [5.74, 6) is -0.921. The van der Waals surface area contributed by atoms with E-state index in [0.29, 0.717) is 17.0 Å². The molecular formula is C11H12Cl2O4. The summed E-state index contributed by atoms with van der Waals surface area (Å²) in [6, 6.07) is 2.92. The fourth-order valence-corrected chi connectivity index (χ4v) is 1.89. The lowest BCUT2D eigenvalue weighted by atomic mass is 10.2. The van der Waals surface area contributed by atoms with Crippen LogP contribution in [-0.2, 0) is 11.4 Å². The molecule has 0 saturated heterocycles. The Balaban J connectivity index is 3.08. The van der Waals surface area contributed by atoms with E-state index in [4.69, 9.17) is 38.2 Å². The number of halogens is 2. The molecule has 0 aliphatic heterocycles. The molecule has 0 radical (unpaired) electrons. The smallest absolute Gasteiger partial charge is 0.344 e. The van der Waals surface area contributed by atoms with Crippen LogP contribution in [0.5, 0.6) is 5.75 Å². The van der Waals surface area contributed by atoms with Crippen molar-refractivity contribution in [3.05, 3.63) is 27.7 Å². The molecule has 17 heavy (non-hydrogen) atoms. The molecule has 0 aliphatic carbocycles. The van der Waals surface area contributed by atoms with Crippen LogP contribution in [0.2, 0.25) is 10.0 Å². The van der Waals surface area contributed by atoms with Crippen LogP contribution in [0.15, 0.2) is 12.1 Å². The molecule has 1 atom stereocenters. The fourth-order valence-electron chi connectivity index (χ4n) is 1.31. The molecule has 2 N–H and O–H groups in total. The van der Waals surface area contributed by atoms with Crippen molar-refractivity contribution in [3.8, 4) is 5.75 Å². The second-order valence-corrected chi connectivity index (χ2v) is 4.23. The molecule has 0 fully saturated rings. The minimum absolute atomic E-state index is 0.160. The minimum atomic E-state index is -1.08. The summed E-state index contributed by atoms with van der Waals surface area (Å²) >= 11 is 11.7. The van der Waals surface area contributed by atoms with E-state index in [0.717, 1.165) is 0 Å². The zero-order valence-corrected chi connectivity index (χ0v) is 10.6. The van der Waals surface area contributed by atoms with E-state index in [9.17, 15) is 4.79 Å². The zero-order valence-electron chi connectivity index (χ0n) is 9.11. The Morgan fingerprint density at radius 3 is 2.59 bits per heavy atom. The quantitative estimate of drug-likeness (QED) is 0.869. The van der Waals surface area contributed by atoms with Gasteiger partial charge in [-0.15, -0.1) is 0 Å². The number of aliphatic carboxylic acids is 1. The average Bonchev–Trinajstić information content (AvgIpc) is 2.26. The van der Waals surface area contributed by atoms with Gasteiger partial charge in [-0.05, 0) is 18.6 Å². The van der Waals surface area contributed by atoms with Crippen molar-refractivity contribution in [3.63, 3.8) is 0 Å². The molecule has 1 aromatic carbocycles. The monoisotopic (exact) mass is 278 g/mol. The molecule has 1 unspecified atom stereocenters. The first-order chi connectivity index (χ1) is 7.99. The van der Waals surface area contributed by atoms with Crippen LogP contribution in [0.1, 0.15) is 18.9 Å². The molecule has 4 nitrogen and oxygen atoms in total. The predicted octanol–water partition coefficient (Wildman–Crippen LogP) is 2.73. The maximum absolute atomic E-state index is 10.9. The van der Waals surface area contributed by atoms with Gasteiger partial charge in [0.2, 0.25) is 0 Å². The Labute approximate surface area is 109 Å². The number of carboxylic acids is 1. The molecule has 1 aromatic rings. The summed E-state index contributed by atoms with van der Waals surface area (Å²) < 4.78 is 5.28. The van der Waals surface area contributed by atoms with E-state index in [1.165, 1.54) is 12.1 Å². The van der Waals surface area contributed by atoms with Gasteiger partial charge in [-0.25, -0.2) is 4.79 Å². The highest BCUT2D eigenvalue weighted by Gasteiger charge is 2.20. The maximum atomic E-state index is 10.9. The highest BCUT2D eigenvalue weighted by molar-refractivity contribution is 6.35. The second kappa shape index (κ2) is 6.10. The molecule has 0 spiro atoms. The van der Waals surface area contributed by atoms with Crippen LogP contribution in [0.3, 0.4) is 0 Å². The van der Waals surface area contributed by atoms with E-state index >= 15 is 0 Å². The molecule has 0 aromatic heterocycles. The Kier molecular flexibility index (Phi) is 5.05. The van der Waals surface area contributed by atoms with Crippen molar-refractivity contribution in [1.29, 1.82) is 0 Å². The Bertz CT molecular complexity index is 420. The lowest BCUT2D eigenvalue weighted by Gasteiger charge is -2.17. The summed E-state index contributed by atoms with van der Waals surface area (Å²) in [5, 5.41) is 18.6. The summed E-state index contributed by atoms with van der Waals surface area (Å²) in [6.07, 6.45) is -0.710. The predicted molar refractivity (Wildman–Crippen MR) is 64.7 cm³/mol. The lowest BCUT2D eigenvalue weighted by Crippen LogP contribution is -2.26. The van der Waals surface area contributed by atoms with Gasteiger partial charge < -0.3 is 14.9 Å². The van der Waals surface area contributed by atoms with E-state index in [1.54, 1.807) is 6.92 Å². The van der Waals surface area contributed by atoms with Crippen molar-refractivity contribution in [1.82, 2.24) is 0 Å². The van der Waals surface area contributed by atoms with Gasteiger partial charge in [0.1, 0.15) is 5.75 Å². The zero-order chi connectivity index (χ0) is 13.0. The lowest BCUT2D eigenvalue weighted by molar-refractivity contribution is -0.145. The minimum Gasteiger partial charge on any atom is -0.479 e. The molecule has 1 rings (SSSR count). The number of aliphatic hydroxyl groups excluding tert-OH is 1. The topological polar surface area (TPSA) is 66.8 Å². The van der Waals surface area contributed by atoms with Crippen LogP contribution < -0.4 is 4.74 Å². The van der Waals surface area contributed by atoms with E-state index in [2.05, 4.69) is 0 Å². The van der Waals surface area contributed by atoms with Crippen LogP contribution in [0.4, 0.5) is 0 Å². The third kappa shape index (κ3) is 3.49. The average molecular weight is 279 g/mol. The Hall–Kier alpha value is -0.970. The molecule has 0 aliphatic rings. The number of aliphatic hydroxyl groups is 1. The molecule has 94 valence electrons. The first kappa shape index (κ1) is 14.1. The maximum Gasteiger partial charge on any atom is 0.344 e. The summed E-state index contributed by atoms with van der Waals surface area (Å²) in [7, 11) is 0. The molecule has 0 heterocycles. The van der Waals surface area contributed by atoms with E-state index in [1.807, 2.05) is 0 Å². The van der Waals surface area contributed by atoms with Gasteiger partial charge in [0.15, 0.2) is 6.10 Å². The normalized spacial score (nSPS) is 12.2. The van der Waals surface area contributed by atoms with Gasteiger partial charge in [-0.3, -0.25) is 0 Å². The number of ether oxygens (including phenoxy) is 1. The van der Waals surface area contributed by atoms with Crippen molar-refractivity contribution in [2.75, 3.05) is 0 Å². The van der Waals surface area contributed by atoms with Crippen LogP contribution in [0.25, 0.3) is 0 Å². The second-order valence-electron chi connectivity index (χ2n) is 3.39. The number of carboxylic acid groups (broad SMARTS) is 1. The number of hydrogen-bond acceptors (Lipinski definition) is 3.